The number of nitrogens with two attached hydrogens (primary N) is 1. The van der Waals surface area contributed by atoms with Crippen LogP contribution in [0.1, 0.15) is 21.6 Å². The number of aryl methyl sites for hydroxylation is 1. The largest absolute Gasteiger partial charge is 0.365 e. The Balaban J connectivity index is 1.86. The molecule has 24 heavy (non-hydrogen) atoms. The van der Waals surface area contributed by atoms with Gasteiger partial charge in [0.15, 0.2) is 0 Å². The normalized spacial score (nSPS) is 10.7. The van der Waals surface area contributed by atoms with Crippen molar-refractivity contribution >= 4 is 23.1 Å². The van der Waals surface area contributed by atoms with Crippen molar-refractivity contribution in [3.63, 3.8) is 0 Å². The minimum Gasteiger partial charge on any atom is -0.365 e. The number of pyridine rings is 2. The van der Waals surface area contributed by atoms with Crippen LogP contribution in [-0.2, 0) is 6.54 Å². The first-order chi connectivity index (χ1) is 11.5. The van der Waals surface area contributed by atoms with Crippen LogP contribution in [0.4, 0.5) is 11.5 Å². The summed E-state index contributed by atoms with van der Waals surface area (Å²) >= 11 is 0. The molecule has 3 aromatic heterocycles. The second-order valence-electron chi connectivity index (χ2n) is 5.22. The van der Waals surface area contributed by atoms with Crippen molar-refractivity contribution in [1.29, 1.82) is 0 Å². The standard InChI is InChI=1S/C15H14N6O3/c1-9-3-2-4-20-8-10(19-15(9)20)6-17-14-12(13(16)22)5-11(7-18-14)21(23)24/h2-5,7-8H,6H2,1H3,(H2,16,22)(H,17,18). The molecule has 3 aromatic rings. The highest BCUT2D eigenvalue weighted by Crippen LogP contribution is 2.19. The Morgan fingerprint density at radius 2 is 2.29 bits per heavy atom. The molecule has 9 heteroatoms. The average Bonchev–Trinajstić information content (AvgIpc) is 2.97. The van der Waals surface area contributed by atoms with Crippen molar-refractivity contribution in [3.8, 4) is 0 Å². The molecule has 0 fully saturated rings. The lowest BCUT2D eigenvalue weighted by Gasteiger charge is -2.07. The van der Waals surface area contributed by atoms with Crippen molar-refractivity contribution < 1.29 is 9.72 Å². The number of carbonyl (C=O) groups excluding carboxylic acids is 1. The SMILES string of the molecule is Cc1cccn2cc(CNc3ncc([N+](=O)[O-])cc3C(N)=O)nc12. The smallest absolute Gasteiger partial charge is 0.288 e. The third kappa shape index (κ3) is 2.86. The molecule has 0 saturated heterocycles. The summed E-state index contributed by atoms with van der Waals surface area (Å²) < 4.78 is 1.89. The van der Waals surface area contributed by atoms with Crippen molar-refractivity contribution in [2.24, 2.45) is 5.73 Å². The predicted molar refractivity (Wildman–Crippen MR) is 86.7 cm³/mol. The highest BCUT2D eigenvalue weighted by molar-refractivity contribution is 5.98. The van der Waals surface area contributed by atoms with E-state index in [2.05, 4.69) is 15.3 Å². The molecule has 0 aromatic carbocycles. The second kappa shape index (κ2) is 5.95. The van der Waals surface area contributed by atoms with E-state index in [1.165, 1.54) is 0 Å². The molecule has 0 unspecified atom stereocenters. The molecular weight excluding hydrogens is 312 g/mol. The van der Waals surface area contributed by atoms with E-state index in [9.17, 15) is 14.9 Å². The van der Waals surface area contributed by atoms with E-state index in [4.69, 9.17) is 5.73 Å². The van der Waals surface area contributed by atoms with Gasteiger partial charge in [-0.1, -0.05) is 6.07 Å². The average molecular weight is 326 g/mol. The molecule has 0 aliphatic rings. The molecule has 0 saturated carbocycles. The maximum atomic E-state index is 11.5. The summed E-state index contributed by atoms with van der Waals surface area (Å²) in [4.78, 5) is 30.1. The summed E-state index contributed by atoms with van der Waals surface area (Å²) in [6.45, 7) is 2.26. The Hall–Kier alpha value is -3.49. The Morgan fingerprint density at radius 3 is 2.96 bits per heavy atom. The van der Waals surface area contributed by atoms with Crippen LogP contribution in [0.15, 0.2) is 36.8 Å². The summed E-state index contributed by atoms with van der Waals surface area (Å²) in [5, 5.41) is 13.7. The van der Waals surface area contributed by atoms with Gasteiger partial charge < -0.3 is 15.5 Å². The molecule has 0 atom stereocenters. The minimum atomic E-state index is -0.792. The molecular formula is C15H14N6O3. The maximum absolute atomic E-state index is 11.5. The van der Waals surface area contributed by atoms with E-state index in [1.807, 2.05) is 35.9 Å². The van der Waals surface area contributed by atoms with E-state index < -0.39 is 10.8 Å². The number of primary amides is 1. The van der Waals surface area contributed by atoms with Gasteiger partial charge in [0.05, 0.1) is 22.7 Å². The fraction of sp³-hybridized carbons (Fsp3) is 0.133. The van der Waals surface area contributed by atoms with Gasteiger partial charge in [-0.25, -0.2) is 9.97 Å². The molecule has 9 nitrogen and oxygen atoms in total. The number of nitrogens with zero attached hydrogens (tertiary/aromatic N) is 4. The van der Waals surface area contributed by atoms with Crippen LogP contribution in [0.2, 0.25) is 0 Å². The van der Waals surface area contributed by atoms with Gasteiger partial charge >= 0.3 is 0 Å². The first-order valence-corrected chi connectivity index (χ1v) is 7.07. The van der Waals surface area contributed by atoms with Crippen LogP contribution < -0.4 is 11.1 Å². The van der Waals surface area contributed by atoms with Gasteiger partial charge in [-0.3, -0.25) is 14.9 Å². The Labute approximate surface area is 136 Å². The number of rotatable bonds is 5. The van der Waals surface area contributed by atoms with Crippen LogP contribution in [0.5, 0.6) is 0 Å². The fourth-order valence-corrected chi connectivity index (χ4v) is 2.35. The number of hydrogen-bond donors (Lipinski definition) is 2. The van der Waals surface area contributed by atoms with Crippen molar-refractivity contribution in [2.75, 3.05) is 5.32 Å². The highest BCUT2D eigenvalue weighted by Gasteiger charge is 2.16. The predicted octanol–water partition coefficient (Wildman–Crippen LogP) is 1.66. The van der Waals surface area contributed by atoms with E-state index in [0.29, 0.717) is 6.54 Å². The summed E-state index contributed by atoms with van der Waals surface area (Å²) in [6, 6.07) is 4.98. The number of amides is 1. The third-order valence-corrected chi connectivity index (χ3v) is 3.51. The fourth-order valence-electron chi connectivity index (χ4n) is 2.35. The number of hydrogen-bond acceptors (Lipinski definition) is 6. The molecule has 0 aliphatic heterocycles. The van der Waals surface area contributed by atoms with Crippen LogP contribution >= 0.6 is 0 Å². The second-order valence-corrected chi connectivity index (χ2v) is 5.22. The van der Waals surface area contributed by atoms with E-state index in [1.54, 1.807) is 0 Å². The summed E-state index contributed by atoms with van der Waals surface area (Å²) in [6.07, 6.45) is 4.81. The molecule has 0 aliphatic carbocycles. The maximum Gasteiger partial charge on any atom is 0.288 e. The molecule has 0 radical (unpaired) electrons. The third-order valence-electron chi connectivity index (χ3n) is 3.51. The van der Waals surface area contributed by atoms with Crippen molar-refractivity contribution in [2.45, 2.75) is 13.5 Å². The number of carbonyl (C=O) groups is 1. The zero-order valence-electron chi connectivity index (χ0n) is 12.8. The van der Waals surface area contributed by atoms with Crippen LogP contribution in [0, 0.1) is 17.0 Å². The summed E-state index contributed by atoms with van der Waals surface area (Å²) in [7, 11) is 0. The van der Waals surface area contributed by atoms with Gasteiger partial charge in [0.25, 0.3) is 11.6 Å². The van der Waals surface area contributed by atoms with Crippen molar-refractivity contribution in [1.82, 2.24) is 14.4 Å². The zero-order chi connectivity index (χ0) is 17.3. The molecule has 1 amide bonds. The lowest BCUT2D eigenvalue weighted by Crippen LogP contribution is -2.16. The quantitative estimate of drug-likeness (QED) is 0.542. The Bertz CT molecular complexity index is 950. The lowest BCUT2D eigenvalue weighted by molar-refractivity contribution is -0.385. The zero-order valence-corrected chi connectivity index (χ0v) is 12.8. The molecule has 122 valence electrons. The number of fused-ring (bicyclic) bond motifs is 1. The van der Waals surface area contributed by atoms with Crippen LogP contribution in [0.25, 0.3) is 5.65 Å². The van der Waals surface area contributed by atoms with Gasteiger partial charge in [-0.15, -0.1) is 0 Å². The number of aromatic nitrogens is 3. The van der Waals surface area contributed by atoms with Crippen molar-refractivity contribution in [3.05, 3.63) is 63.7 Å². The van der Waals surface area contributed by atoms with Gasteiger partial charge in [-0.05, 0) is 18.6 Å². The first-order valence-electron chi connectivity index (χ1n) is 7.07. The highest BCUT2D eigenvalue weighted by atomic mass is 16.6. The van der Waals surface area contributed by atoms with Crippen LogP contribution in [0.3, 0.4) is 0 Å². The number of nitrogens with one attached hydrogen (secondary N) is 1. The molecule has 0 bridgehead atoms. The Morgan fingerprint density at radius 1 is 1.50 bits per heavy atom. The van der Waals surface area contributed by atoms with E-state index in [0.717, 1.165) is 29.2 Å². The summed E-state index contributed by atoms with van der Waals surface area (Å²) in [5.74, 6) is -0.610. The monoisotopic (exact) mass is 326 g/mol. The van der Waals surface area contributed by atoms with Gasteiger partial charge in [0, 0.05) is 18.5 Å². The Kier molecular flexibility index (Phi) is 3.82. The minimum absolute atomic E-state index is 0.0378. The molecule has 3 N–H and O–H groups in total. The van der Waals surface area contributed by atoms with Gasteiger partial charge in [-0.2, -0.15) is 0 Å². The van der Waals surface area contributed by atoms with E-state index >= 15 is 0 Å². The topological polar surface area (TPSA) is 128 Å². The van der Waals surface area contributed by atoms with Crippen LogP contribution in [-0.4, -0.2) is 25.2 Å². The molecule has 3 heterocycles. The molecule has 0 spiro atoms. The molecule has 3 rings (SSSR count). The van der Waals surface area contributed by atoms with E-state index in [-0.39, 0.29) is 17.1 Å². The number of imidazole rings is 1. The first kappa shape index (κ1) is 15.4. The lowest BCUT2D eigenvalue weighted by atomic mass is 10.2. The number of nitro groups is 1. The van der Waals surface area contributed by atoms with Gasteiger partial charge in [0.2, 0.25) is 0 Å². The van der Waals surface area contributed by atoms with Gasteiger partial charge in [0.1, 0.15) is 17.7 Å². The summed E-state index contributed by atoms with van der Waals surface area (Å²) in [5.41, 5.74) is 7.55. The number of anilines is 1.